The molecule has 2 rings (SSSR count). The maximum absolute atomic E-state index is 12.2. The van der Waals surface area contributed by atoms with Gasteiger partial charge in [-0.15, -0.1) is 0 Å². The Hall–Kier alpha value is -0.110. The zero-order valence-corrected chi connectivity index (χ0v) is 11.1. The Morgan fingerprint density at radius 2 is 1.59 bits per heavy atom. The molecule has 2 heteroatoms. The van der Waals surface area contributed by atoms with Crippen LogP contribution in [0.3, 0.4) is 0 Å². The number of nitrogens with one attached hydrogen (secondary N) is 1. The molecule has 0 heterocycles. The summed E-state index contributed by atoms with van der Waals surface area (Å²) in [4.78, 5) is 0. The summed E-state index contributed by atoms with van der Waals surface area (Å²) >= 11 is 0. The van der Waals surface area contributed by atoms with Crippen LogP contribution in [0, 0.1) is 11.8 Å². The Labute approximate surface area is 106 Å². The standard InChI is InChI=1S/C15H28FN/c16-11-6-12-17-15-10-5-4-9-14(15)13-7-2-1-3-8-13/h13-15,17H,1-12H2. The molecule has 2 unspecified atom stereocenters. The second-order valence-corrected chi connectivity index (χ2v) is 5.95. The Kier molecular flexibility index (Phi) is 5.76. The largest absolute Gasteiger partial charge is 0.314 e. The minimum atomic E-state index is -0.173. The zero-order chi connectivity index (χ0) is 11.9. The summed E-state index contributed by atoms with van der Waals surface area (Å²) in [6.45, 7) is 0.707. The van der Waals surface area contributed by atoms with E-state index in [4.69, 9.17) is 0 Å². The highest BCUT2D eigenvalue weighted by Crippen LogP contribution is 2.38. The Bertz CT molecular complexity index is 201. The van der Waals surface area contributed by atoms with Crippen molar-refractivity contribution in [1.29, 1.82) is 0 Å². The van der Waals surface area contributed by atoms with Crippen LogP contribution in [0.5, 0.6) is 0 Å². The molecule has 0 aromatic heterocycles. The summed E-state index contributed by atoms with van der Waals surface area (Å²) in [7, 11) is 0. The maximum Gasteiger partial charge on any atom is 0.0906 e. The van der Waals surface area contributed by atoms with Gasteiger partial charge in [0.2, 0.25) is 0 Å². The summed E-state index contributed by atoms with van der Waals surface area (Å²) < 4.78 is 12.2. The van der Waals surface area contributed by atoms with Crippen molar-refractivity contribution in [3.63, 3.8) is 0 Å². The average molecular weight is 241 g/mol. The number of halogens is 1. The van der Waals surface area contributed by atoms with Gasteiger partial charge in [-0.2, -0.15) is 0 Å². The molecule has 0 aromatic rings. The molecular weight excluding hydrogens is 213 g/mol. The van der Waals surface area contributed by atoms with Crippen LogP contribution in [0.2, 0.25) is 0 Å². The van der Waals surface area contributed by atoms with E-state index in [1.807, 2.05) is 0 Å². The molecule has 2 aliphatic carbocycles. The molecule has 1 N–H and O–H groups in total. The minimum Gasteiger partial charge on any atom is -0.314 e. The van der Waals surface area contributed by atoms with Gasteiger partial charge >= 0.3 is 0 Å². The second kappa shape index (κ2) is 7.35. The lowest BCUT2D eigenvalue weighted by molar-refractivity contribution is 0.149. The fourth-order valence-corrected chi connectivity index (χ4v) is 3.89. The molecule has 0 radical (unpaired) electrons. The molecule has 2 atom stereocenters. The molecule has 0 aliphatic heterocycles. The highest BCUT2D eigenvalue weighted by Gasteiger charge is 2.31. The molecule has 0 saturated heterocycles. The molecule has 0 bridgehead atoms. The summed E-state index contributed by atoms with van der Waals surface area (Å²) in [6.07, 6.45) is 13.5. The first-order valence-corrected chi connectivity index (χ1v) is 7.71. The van der Waals surface area contributed by atoms with Crippen LogP contribution in [0.1, 0.15) is 64.2 Å². The van der Waals surface area contributed by atoms with E-state index in [0.29, 0.717) is 12.5 Å². The van der Waals surface area contributed by atoms with Crippen molar-refractivity contribution in [2.45, 2.75) is 70.3 Å². The normalized spacial score (nSPS) is 31.6. The monoisotopic (exact) mass is 241 g/mol. The van der Waals surface area contributed by atoms with E-state index in [2.05, 4.69) is 5.32 Å². The summed E-state index contributed by atoms with van der Waals surface area (Å²) in [5.41, 5.74) is 0. The van der Waals surface area contributed by atoms with Crippen molar-refractivity contribution in [3.05, 3.63) is 0 Å². The molecule has 2 saturated carbocycles. The summed E-state index contributed by atoms with van der Waals surface area (Å²) in [5, 5.41) is 3.63. The van der Waals surface area contributed by atoms with Crippen LogP contribution >= 0.6 is 0 Å². The van der Waals surface area contributed by atoms with Gasteiger partial charge in [-0.25, -0.2) is 0 Å². The van der Waals surface area contributed by atoms with Gasteiger partial charge < -0.3 is 5.32 Å². The fraction of sp³-hybridized carbons (Fsp3) is 1.00. The SMILES string of the molecule is FCCCNC1CCCCC1C1CCCCC1. The molecule has 1 nitrogen and oxygen atoms in total. The van der Waals surface area contributed by atoms with Gasteiger partial charge in [0.25, 0.3) is 0 Å². The molecule has 0 amide bonds. The van der Waals surface area contributed by atoms with Crippen LogP contribution in [-0.4, -0.2) is 19.3 Å². The lowest BCUT2D eigenvalue weighted by atomic mass is 9.71. The zero-order valence-electron chi connectivity index (χ0n) is 11.1. The number of alkyl halides is 1. The van der Waals surface area contributed by atoms with Crippen LogP contribution in [0.15, 0.2) is 0 Å². The van der Waals surface area contributed by atoms with E-state index in [1.165, 1.54) is 57.8 Å². The quantitative estimate of drug-likeness (QED) is 0.715. The first kappa shape index (κ1) is 13.3. The molecule has 100 valence electrons. The van der Waals surface area contributed by atoms with E-state index >= 15 is 0 Å². The van der Waals surface area contributed by atoms with Crippen molar-refractivity contribution >= 4 is 0 Å². The van der Waals surface area contributed by atoms with Crippen LogP contribution in [0.25, 0.3) is 0 Å². The Balaban J connectivity index is 1.82. The number of hydrogen-bond acceptors (Lipinski definition) is 1. The number of hydrogen-bond donors (Lipinski definition) is 1. The van der Waals surface area contributed by atoms with Crippen LogP contribution in [0.4, 0.5) is 4.39 Å². The molecule has 0 spiro atoms. The molecule has 2 aliphatic rings. The first-order chi connectivity index (χ1) is 8.42. The lowest BCUT2D eigenvalue weighted by Crippen LogP contribution is -2.42. The van der Waals surface area contributed by atoms with Crippen molar-refractivity contribution in [2.24, 2.45) is 11.8 Å². The maximum atomic E-state index is 12.2. The topological polar surface area (TPSA) is 12.0 Å². The van der Waals surface area contributed by atoms with Crippen molar-refractivity contribution in [1.82, 2.24) is 5.32 Å². The van der Waals surface area contributed by atoms with Gasteiger partial charge in [0.05, 0.1) is 6.67 Å². The Morgan fingerprint density at radius 1 is 0.882 bits per heavy atom. The van der Waals surface area contributed by atoms with Gasteiger partial charge in [-0.3, -0.25) is 4.39 Å². The van der Waals surface area contributed by atoms with Crippen molar-refractivity contribution in [2.75, 3.05) is 13.2 Å². The van der Waals surface area contributed by atoms with Gasteiger partial charge in [0, 0.05) is 6.04 Å². The van der Waals surface area contributed by atoms with Crippen LogP contribution in [-0.2, 0) is 0 Å². The highest BCUT2D eigenvalue weighted by molar-refractivity contribution is 4.86. The lowest BCUT2D eigenvalue weighted by Gasteiger charge is -2.39. The summed E-state index contributed by atoms with van der Waals surface area (Å²) in [6, 6.07) is 0.693. The van der Waals surface area contributed by atoms with Crippen LogP contribution < -0.4 is 5.32 Å². The van der Waals surface area contributed by atoms with Crippen molar-refractivity contribution < 1.29 is 4.39 Å². The smallest absolute Gasteiger partial charge is 0.0906 e. The molecule has 17 heavy (non-hydrogen) atoms. The third kappa shape index (κ3) is 3.94. The fourth-order valence-electron chi connectivity index (χ4n) is 3.89. The Morgan fingerprint density at radius 3 is 2.35 bits per heavy atom. The van der Waals surface area contributed by atoms with Crippen molar-refractivity contribution in [3.8, 4) is 0 Å². The molecule has 2 fully saturated rings. The molecule has 0 aromatic carbocycles. The van der Waals surface area contributed by atoms with Gasteiger partial charge in [-0.1, -0.05) is 44.9 Å². The van der Waals surface area contributed by atoms with E-state index < -0.39 is 0 Å². The number of rotatable bonds is 5. The summed E-state index contributed by atoms with van der Waals surface area (Å²) in [5.74, 6) is 1.86. The average Bonchev–Trinajstić information content (AvgIpc) is 2.41. The second-order valence-electron chi connectivity index (χ2n) is 5.95. The third-order valence-corrected chi connectivity index (χ3v) is 4.79. The van der Waals surface area contributed by atoms with E-state index in [-0.39, 0.29) is 6.67 Å². The van der Waals surface area contributed by atoms with Gasteiger partial charge in [0.1, 0.15) is 0 Å². The first-order valence-electron chi connectivity index (χ1n) is 7.71. The van der Waals surface area contributed by atoms with Gasteiger partial charge in [0.15, 0.2) is 0 Å². The van der Waals surface area contributed by atoms with E-state index in [0.717, 1.165) is 18.4 Å². The minimum absolute atomic E-state index is 0.173. The van der Waals surface area contributed by atoms with Gasteiger partial charge in [-0.05, 0) is 37.6 Å². The predicted molar refractivity (Wildman–Crippen MR) is 70.9 cm³/mol. The predicted octanol–water partition coefficient (Wildman–Crippen LogP) is 4.07. The van der Waals surface area contributed by atoms with E-state index in [1.54, 1.807) is 0 Å². The van der Waals surface area contributed by atoms with E-state index in [9.17, 15) is 4.39 Å². The highest BCUT2D eigenvalue weighted by atomic mass is 19.1. The molecular formula is C15H28FN. The third-order valence-electron chi connectivity index (χ3n) is 4.79.